The molecular formula is C22H20ClNO3. The van der Waals surface area contributed by atoms with E-state index in [1.807, 2.05) is 42.6 Å². The molecule has 3 rings (SSSR count). The normalized spacial score (nSPS) is 11.9. The molecule has 0 amide bonds. The largest absolute Gasteiger partial charge is 0.481 e. The number of carboxylic acids is 1. The molecule has 1 atom stereocenters. The molecule has 5 heteroatoms. The fourth-order valence-electron chi connectivity index (χ4n) is 2.93. The fourth-order valence-corrected chi connectivity index (χ4v) is 3.06. The van der Waals surface area contributed by atoms with Crippen molar-refractivity contribution in [2.75, 3.05) is 0 Å². The van der Waals surface area contributed by atoms with Crippen LogP contribution < -0.4 is 5.56 Å². The van der Waals surface area contributed by atoms with Gasteiger partial charge < -0.3 is 9.67 Å². The highest BCUT2D eigenvalue weighted by Gasteiger charge is 2.12. The van der Waals surface area contributed by atoms with Crippen molar-refractivity contribution < 1.29 is 9.90 Å². The van der Waals surface area contributed by atoms with E-state index in [0.29, 0.717) is 18.0 Å². The molecule has 0 fully saturated rings. The third-order valence-electron chi connectivity index (χ3n) is 4.47. The maximum absolute atomic E-state index is 12.2. The molecule has 0 aliphatic heterocycles. The second-order valence-electron chi connectivity index (χ2n) is 6.65. The first-order chi connectivity index (χ1) is 12.9. The molecule has 2 aromatic carbocycles. The lowest BCUT2D eigenvalue weighted by molar-refractivity contribution is -0.141. The number of aromatic nitrogens is 1. The lowest BCUT2D eigenvalue weighted by Crippen LogP contribution is -2.19. The quantitative estimate of drug-likeness (QED) is 0.684. The van der Waals surface area contributed by atoms with Crippen molar-refractivity contribution in [3.8, 4) is 11.1 Å². The van der Waals surface area contributed by atoms with Gasteiger partial charge in [0.15, 0.2) is 0 Å². The van der Waals surface area contributed by atoms with Crippen molar-refractivity contribution in [1.29, 1.82) is 0 Å². The third kappa shape index (κ3) is 4.86. The van der Waals surface area contributed by atoms with Crippen molar-refractivity contribution in [3.63, 3.8) is 0 Å². The summed E-state index contributed by atoms with van der Waals surface area (Å²) in [7, 11) is 0. The third-order valence-corrected chi connectivity index (χ3v) is 4.73. The van der Waals surface area contributed by atoms with Gasteiger partial charge in [-0.1, -0.05) is 54.9 Å². The van der Waals surface area contributed by atoms with Crippen molar-refractivity contribution in [2.45, 2.75) is 19.9 Å². The predicted molar refractivity (Wildman–Crippen MR) is 107 cm³/mol. The molecule has 138 valence electrons. The summed E-state index contributed by atoms with van der Waals surface area (Å²) in [6, 6.07) is 18.5. The van der Waals surface area contributed by atoms with Gasteiger partial charge in [-0.25, -0.2) is 0 Å². The van der Waals surface area contributed by atoms with Gasteiger partial charge in [-0.3, -0.25) is 9.59 Å². The summed E-state index contributed by atoms with van der Waals surface area (Å²) < 4.78 is 1.66. The number of carboxylic acid groups (broad SMARTS) is 1. The van der Waals surface area contributed by atoms with E-state index in [2.05, 4.69) is 0 Å². The van der Waals surface area contributed by atoms with E-state index in [-0.39, 0.29) is 5.56 Å². The van der Waals surface area contributed by atoms with Crippen LogP contribution in [0.25, 0.3) is 11.1 Å². The first-order valence-corrected chi connectivity index (χ1v) is 9.07. The number of hydrogen-bond donors (Lipinski definition) is 1. The molecular weight excluding hydrogens is 362 g/mol. The van der Waals surface area contributed by atoms with Gasteiger partial charge in [0, 0.05) is 17.3 Å². The van der Waals surface area contributed by atoms with E-state index < -0.39 is 11.9 Å². The Morgan fingerprint density at radius 2 is 1.78 bits per heavy atom. The predicted octanol–water partition coefficient (Wildman–Crippen LogP) is 4.48. The Kier molecular flexibility index (Phi) is 5.77. The summed E-state index contributed by atoms with van der Waals surface area (Å²) in [6.45, 7) is 2.15. The molecule has 27 heavy (non-hydrogen) atoms. The Bertz CT molecular complexity index is 1010. The maximum Gasteiger partial charge on any atom is 0.306 e. The molecule has 1 aromatic heterocycles. The molecule has 0 saturated carbocycles. The molecule has 0 radical (unpaired) electrons. The van der Waals surface area contributed by atoms with Crippen LogP contribution in [0.1, 0.15) is 18.1 Å². The molecule has 1 heterocycles. The van der Waals surface area contributed by atoms with Gasteiger partial charge in [-0.15, -0.1) is 0 Å². The summed E-state index contributed by atoms with van der Waals surface area (Å²) in [5.41, 5.74) is 3.73. The molecule has 3 aromatic rings. The number of halogens is 1. The van der Waals surface area contributed by atoms with E-state index in [0.717, 1.165) is 22.3 Å². The Hall–Kier alpha value is -2.85. The fraction of sp³-hybridized carbons (Fsp3) is 0.182. The van der Waals surface area contributed by atoms with Gasteiger partial charge in [-0.05, 0) is 46.9 Å². The van der Waals surface area contributed by atoms with Crippen LogP contribution in [0, 0.1) is 5.92 Å². The summed E-state index contributed by atoms with van der Waals surface area (Å²) in [6.07, 6.45) is 2.30. The van der Waals surface area contributed by atoms with Gasteiger partial charge in [0.2, 0.25) is 0 Å². The zero-order chi connectivity index (χ0) is 19.4. The highest BCUT2D eigenvalue weighted by atomic mass is 35.5. The van der Waals surface area contributed by atoms with Crippen LogP contribution in [-0.2, 0) is 17.8 Å². The van der Waals surface area contributed by atoms with Crippen LogP contribution in [0.3, 0.4) is 0 Å². The first-order valence-electron chi connectivity index (χ1n) is 8.69. The number of aliphatic carboxylic acids is 1. The van der Waals surface area contributed by atoms with Crippen LogP contribution in [0.15, 0.2) is 71.7 Å². The number of nitrogens with zero attached hydrogens (tertiary/aromatic N) is 1. The Morgan fingerprint density at radius 1 is 1.04 bits per heavy atom. The maximum atomic E-state index is 12.2. The average Bonchev–Trinajstić information content (AvgIpc) is 2.65. The van der Waals surface area contributed by atoms with Crippen molar-refractivity contribution in [1.82, 2.24) is 4.57 Å². The number of hydrogen-bond acceptors (Lipinski definition) is 2. The summed E-state index contributed by atoms with van der Waals surface area (Å²) in [5, 5.41) is 9.77. The molecule has 4 nitrogen and oxygen atoms in total. The minimum atomic E-state index is -0.808. The van der Waals surface area contributed by atoms with Crippen molar-refractivity contribution >= 4 is 17.6 Å². The first kappa shape index (κ1) is 18.9. The zero-order valence-corrected chi connectivity index (χ0v) is 15.7. The summed E-state index contributed by atoms with van der Waals surface area (Å²) in [4.78, 5) is 23.3. The zero-order valence-electron chi connectivity index (χ0n) is 14.9. The van der Waals surface area contributed by atoms with E-state index in [9.17, 15) is 9.59 Å². The standard InChI is InChI=1S/C22H20ClNO3/c1-15(22(26)27)11-17-3-2-4-18(12-17)19-7-10-21(25)24(14-19)13-16-5-8-20(23)9-6-16/h2-10,12,14-15H,11,13H2,1H3,(H,26,27). The monoisotopic (exact) mass is 381 g/mol. The lowest BCUT2D eigenvalue weighted by atomic mass is 9.97. The molecule has 1 unspecified atom stereocenters. The van der Waals surface area contributed by atoms with Crippen LogP contribution in [-0.4, -0.2) is 15.6 Å². The summed E-state index contributed by atoms with van der Waals surface area (Å²) in [5.74, 6) is -1.25. The molecule has 1 N–H and O–H groups in total. The summed E-state index contributed by atoms with van der Waals surface area (Å²) >= 11 is 5.92. The highest BCUT2D eigenvalue weighted by Crippen LogP contribution is 2.21. The van der Waals surface area contributed by atoms with Crippen LogP contribution in [0.2, 0.25) is 5.02 Å². The minimum absolute atomic E-state index is 0.0793. The number of benzene rings is 2. The molecule has 0 aliphatic rings. The topological polar surface area (TPSA) is 59.3 Å². The lowest BCUT2D eigenvalue weighted by Gasteiger charge is -2.11. The van der Waals surface area contributed by atoms with Gasteiger partial charge in [0.05, 0.1) is 12.5 Å². The van der Waals surface area contributed by atoms with E-state index in [1.54, 1.807) is 35.8 Å². The Balaban J connectivity index is 1.88. The van der Waals surface area contributed by atoms with E-state index in [1.165, 1.54) is 0 Å². The van der Waals surface area contributed by atoms with Gasteiger partial charge in [0.1, 0.15) is 0 Å². The second kappa shape index (κ2) is 8.23. The van der Waals surface area contributed by atoms with E-state index >= 15 is 0 Å². The van der Waals surface area contributed by atoms with Gasteiger partial charge in [-0.2, -0.15) is 0 Å². The smallest absolute Gasteiger partial charge is 0.306 e. The number of pyridine rings is 1. The van der Waals surface area contributed by atoms with E-state index in [4.69, 9.17) is 16.7 Å². The molecule has 0 aliphatic carbocycles. The molecule has 0 spiro atoms. The Labute approximate surface area is 162 Å². The van der Waals surface area contributed by atoms with Crippen LogP contribution in [0.4, 0.5) is 0 Å². The number of rotatable bonds is 6. The Morgan fingerprint density at radius 3 is 2.48 bits per heavy atom. The van der Waals surface area contributed by atoms with Crippen molar-refractivity contribution in [2.24, 2.45) is 5.92 Å². The molecule has 0 saturated heterocycles. The van der Waals surface area contributed by atoms with Gasteiger partial charge >= 0.3 is 5.97 Å². The highest BCUT2D eigenvalue weighted by molar-refractivity contribution is 6.30. The number of carbonyl (C=O) groups is 1. The SMILES string of the molecule is CC(Cc1cccc(-c2ccc(=O)n(Cc3ccc(Cl)cc3)c2)c1)C(=O)O. The van der Waals surface area contributed by atoms with Gasteiger partial charge in [0.25, 0.3) is 5.56 Å². The minimum Gasteiger partial charge on any atom is -0.481 e. The van der Waals surface area contributed by atoms with Crippen LogP contribution >= 0.6 is 11.6 Å². The average molecular weight is 382 g/mol. The van der Waals surface area contributed by atoms with Crippen LogP contribution in [0.5, 0.6) is 0 Å². The second-order valence-corrected chi connectivity index (χ2v) is 7.09. The molecule has 0 bridgehead atoms. The van der Waals surface area contributed by atoms with Crippen molar-refractivity contribution in [3.05, 3.63) is 93.4 Å².